The predicted molar refractivity (Wildman–Crippen MR) is 75.2 cm³/mol. The van der Waals surface area contributed by atoms with Crippen LogP contribution >= 0.6 is 15.9 Å². The van der Waals surface area contributed by atoms with Crippen LogP contribution in [0.1, 0.15) is 12.0 Å². The van der Waals surface area contributed by atoms with Crippen LogP contribution in [0.2, 0.25) is 0 Å². The van der Waals surface area contributed by atoms with Gasteiger partial charge in [-0.1, -0.05) is 6.08 Å². The number of nitrogens with zero attached hydrogens (tertiary/aromatic N) is 1. The van der Waals surface area contributed by atoms with Gasteiger partial charge in [-0.2, -0.15) is 0 Å². The van der Waals surface area contributed by atoms with Gasteiger partial charge in [-0.3, -0.25) is 0 Å². The number of ether oxygens (including phenoxy) is 1. The fourth-order valence-electron chi connectivity index (χ4n) is 1.23. The normalized spacial score (nSPS) is 10.2. The molecule has 94 valence electrons. The van der Waals surface area contributed by atoms with Crippen LogP contribution in [-0.4, -0.2) is 24.7 Å². The highest BCUT2D eigenvalue weighted by atomic mass is 79.9. The van der Waals surface area contributed by atoms with Crippen molar-refractivity contribution in [3.8, 4) is 0 Å². The van der Waals surface area contributed by atoms with Crippen LogP contribution in [0.4, 0.5) is 11.5 Å². The van der Waals surface area contributed by atoms with Crippen molar-refractivity contribution in [2.45, 2.75) is 13.3 Å². The van der Waals surface area contributed by atoms with Crippen LogP contribution in [-0.2, 0) is 4.74 Å². The molecule has 0 aliphatic heterocycles. The van der Waals surface area contributed by atoms with Gasteiger partial charge in [-0.15, -0.1) is 6.58 Å². The van der Waals surface area contributed by atoms with Crippen LogP contribution in [0.5, 0.6) is 0 Å². The van der Waals surface area contributed by atoms with Crippen LogP contribution in [0, 0.1) is 6.92 Å². The molecule has 0 aliphatic rings. The molecule has 1 heterocycles. The first-order valence-corrected chi connectivity index (χ1v) is 6.29. The Hall–Kier alpha value is -1.07. The van der Waals surface area contributed by atoms with E-state index in [9.17, 15) is 0 Å². The second-order valence-corrected chi connectivity index (χ2v) is 4.41. The van der Waals surface area contributed by atoms with E-state index >= 15 is 0 Å². The zero-order chi connectivity index (χ0) is 12.7. The Bertz CT molecular complexity index is 382. The highest BCUT2D eigenvalue weighted by Crippen LogP contribution is 2.27. The Morgan fingerprint density at radius 3 is 3.06 bits per heavy atom. The number of hydrogen-bond donors (Lipinski definition) is 2. The molecule has 0 saturated carbocycles. The third-order valence-electron chi connectivity index (χ3n) is 2.31. The van der Waals surface area contributed by atoms with E-state index < -0.39 is 0 Å². The molecule has 0 unspecified atom stereocenters. The number of aromatic nitrogens is 1. The highest BCUT2D eigenvalue weighted by molar-refractivity contribution is 9.10. The lowest BCUT2D eigenvalue weighted by Crippen LogP contribution is -2.11. The van der Waals surface area contributed by atoms with E-state index in [0.717, 1.165) is 22.3 Å². The molecule has 0 fully saturated rings. The maximum absolute atomic E-state index is 5.74. The zero-order valence-electron chi connectivity index (χ0n) is 10.0. The van der Waals surface area contributed by atoms with Crippen LogP contribution in [0.3, 0.4) is 0 Å². The zero-order valence-corrected chi connectivity index (χ0v) is 11.6. The number of nitrogens with two attached hydrogens (primary N) is 1. The lowest BCUT2D eigenvalue weighted by molar-refractivity contribution is 0.149. The third kappa shape index (κ3) is 4.36. The predicted octanol–water partition coefficient (Wildman–Crippen LogP) is 2.74. The monoisotopic (exact) mass is 299 g/mol. The van der Waals surface area contributed by atoms with Gasteiger partial charge in [-0.05, 0) is 34.8 Å². The molecule has 17 heavy (non-hydrogen) atoms. The second-order valence-electron chi connectivity index (χ2n) is 3.62. The average Bonchev–Trinajstić information content (AvgIpc) is 2.33. The molecular weight excluding hydrogens is 282 g/mol. The van der Waals surface area contributed by atoms with Gasteiger partial charge in [0, 0.05) is 6.54 Å². The molecule has 3 N–H and O–H groups in total. The molecule has 5 heteroatoms. The molecule has 0 aliphatic carbocycles. The molecule has 1 aromatic heterocycles. The van der Waals surface area contributed by atoms with E-state index in [1.807, 2.05) is 13.0 Å². The number of nitrogens with one attached hydrogen (secondary N) is 1. The molecule has 0 amide bonds. The first-order valence-electron chi connectivity index (χ1n) is 5.50. The quantitative estimate of drug-likeness (QED) is 0.600. The molecular formula is C12H18BrN3O. The summed E-state index contributed by atoms with van der Waals surface area (Å²) in [6, 6.07) is 0. The Kier molecular flexibility index (Phi) is 6.00. The largest absolute Gasteiger partial charge is 0.397 e. The number of hydrogen-bond acceptors (Lipinski definition) is 4. The van der Waals surface area contributed by atoms with Gasteiger partial charge >= 0.3 is 0 Å². The van der Waals surface area contributed by atoms with Gasteiger partial charge in [0.2, 0.25) is 0 Å². The summed E-state index contributed by atoms with van der Waals surface area (Å²) in [5, 5.41) is 3.19. The molecule has 1 aromatic rings. The fraction of sp³-hybridized carbons (Fsp3) is 0.417. The minimum Gasteiger partial charge on any atom is -0.397 e. The second kappa shape index (κ2) is 7.29. The van der Waals surface area contributed by atoms with Crippen molar-refractivity contribution < 1.29 is 4.74 Å². The Balaban J connectivity index is 2.37. The number of anilines is 2. The van der Waals surface area contributed by atoms with Crippen molar-refractivity contribution in [1.29, 1.82) is 0 Å². The van der Waals surface area contributed by atoms with E-state index in [1.54, 1.807) is 6.20 Å². The Labute approximate surface area is 110 Å². The molecule has 4 nitrogen and oxygen atoms in total. The number of pyridine rings is 1. The SMILES string of the molecule is C=CCCOCCNc1ncc(N)c(C)c1Br. The van der Waals surface area contributed by atoms with Gasteiger partial charge in [-0.25, -0.2) is 4.98 Å². The average molecular weight is 300 g/mol. The Morgan fingerprint density at radius 1 is 1.59 bits per heavy atom. The minimum absolute atomic E-state index is 0.644. The minimum atomic E-state index is 0.644. The van der Waals surface area contributed by atoms with E-state index in [-0.39, 0.29) is 0 Å². The van der Waals surface area contributed by atoms with Crippen LogP contribution in [0.25, 0.3) is 0 Å². The fourth-order valence-corrected chi connectivity index (χ4v) is 1.70. The number of halogens is 1. The molecule has 0 bridgehead atoms. The van der Waals surface area contributed by atoms with Gasteiger partial charge in [0.1, 0.15) is 5.82 Å². The summed E-state index contributed by atoms with van der Waals surface area (Å²) in [5.74, 6) is 0.795. The van der Waals surface area contributed by atoms with Gasteiger partial charge in [0.25, 0.3) is 0 Å². The standard InChI is InChI=1S/C12H18BrN3O/c1-3-4-6-17-7-5-15-12-11(13)9(2)10(14)8-16-12/h3,8H,1,4-7,14H2,2H3,(H,15,16). The summed E-state index contributed by atoms with van der Waals surface area (Å²) in [6.45, 7) is 7.65. The summed E-state index contributed by atoms with van der Waals surface area (Å²) < 4.78 is 6.29. The van der Waals surface area contributed by atoms with E-state index in [2.05, 4.69) is 32.8 Å². The van der Waals surface area contributed by atoms with E-state index in [0.29, 0.717) is 25.4 Å². The summed E-state index contributed by atoms with van der Waals surface area (Å²) in [7, 11) is 0. The Morgan fingerprint density at radius 2 is 2.35 bits per heavy atom. The van der Waals surface area contributed by atoms with Gasteiger partial charge in [0.15, 0.2) is 0 Å². The maximum Gasteiger partial charge on any atom is 0.140 e. The molecule has 0 atom stereocenters. The molecule has 0 spiro atoms. The highest BCUT2D eigenvalue weighted by Gasteiger charge is 2.06. The van der Waals surface area contributed by atoms with Crippen molar-refractivity contribution in [1.82, 2.24) is 4.98 Å². The maximum atomic E-state index is 5.74. The number of rotatable bonds is 7. The van der Waals surface area contributed by atoms with E-state index in [4.69, 9.17) is 10.5 Å². The third-order valence-corrected chi connectivity index (χ3v) is 3.28. The van der Waals surface area contributed by atoms with E-state index in [1.165, 1.54) is 0 Å². The molecule has 0 aromatic carbocycles. The van der Waals surface area contributed by atoms with Crippen molar-refractivity contribution in [3.05, 3.63) is 28.9 Å². The molecule has 1 rings (SSSR count). The topological polar surface area (TPSA) is 60.2 Å². The number of nitrogen functional groups attached to an aromatic ring is 1. The summed E-state index contributed by atoms with van der Waals surface area (Å²) in [4.78, 5) is 4.22. The first-order chi connectivity index (χ1) is 8.16. The first kappa shape index (κ1) is 14.0. The smallest absolute Gasteiger partial charge is 0.140 e. The van der Waals surface area contributed by atoms with Gasteiger partial charge < -0.3 is 15.8 Å². The van der Waals surface area contributed by atoms with Crippen molar-refractivity contribution in [3.63, 3.8) is 0 Å². The van der Waals surface area contributed by atoms with Crippen LogP contribution < -0.4 is 11.1 Å². The summed E-state index contributed by atoms with van der Waals surface area (Å²) in [6.07, 6.45) is 4.37. The van der Waals surface area contributed by atoms with Crippen molar-refractivity contribution >= 4 is 27.4 Å². The van der Waals surface area contributed by atoms with Gasteiger partial charge in [0.05, 0.1) is 29.6 Å². The molecule has 0 radical (unpaired) electrons. The van der Waals surface area contributed by atoms with Crippen LogP contribution in [0.15, 0.2) is 23.3 Å². The van der Waals surface area contributed by atoms with Crippen molar-refractivity contribution in [2.24, 2.45) is 0 Å². The lowest BCUT2D eigenvalue weighted by atomic mass is 10.2. The van der Waals surface area contributed by atoms with Crippen molar-refractivity contribution in [2.75, 3.05) is 30.8 Å². The lowest BCUT2D eigenvalue weighted by Gasteiger charge is -2.10. The summed E-state index contributed by atoms with van der Waals surface area (Å²) >= 11 is 3.47. The summed E-state index contributed by atoms with van der Waals surface area (Å²) in [5.41, 5.74) is 7.43. The molecule has 0 saturated heterocycles.